The van der Waals surface area contributed by atoms with Gasteiger partial charge in [-0.25, -0.2) is 4.68 Å². The van der Waals surface area contributed by atoms with Crippen LogP contribution in [0.2, 0.25) is 0 Å². The molecule has 0 bridgehead atoms. The van der Waals surface area contributed by atoms with Crippen LogP contribution in [0, 0.1) is 12.8 Å². The van der Waals surface area contributed by atoms with Crippen molar-refractivity contribution in [1.29, 1.82) is 0 Å². The van der Waals surface area contributed by atoms with Gasteiger partial charge in [0.15, 0.2) is 0 Å². The smallest absolute Gasteiger partial charge is 0.272 e. The Morgan fingerprint density at radius 2 is 1.83 bits per heavy atom. The molecule has 2 heterocycles. The van der Waals surface area contributed by atoms with E-state index in [1.807, 2.05) is 60.4 Å². The molecule has 150 valence electrons. The van der Waals surface area contributed by atoms with E-state index in [0.717, 1.165) is 54.2 Å². The number of methoxy groups -OCH3 is 1. The van der Waals surface area contributed by atoms with Crippen molar-refractivity contribution in [2.75, 3.05) is 20.2 Å². The van der Waals surface area contributed by atoms with Crippen molar-refractivity contribution >= 4 is 5.91 Å². The van der Waals surface area contributed by atoms with E-state index in [-0.39, 0.29) is 5.91 Å². The largest absolute Gasteiger partial charge is 0.497 e. The van der Waals surface area contributed by atoms with Crippen LogP contribution in [-0.2, 0) is 0 Å². The van der Waals surface area contributed by atoms with Crippen LogP contribution in [0.1, 0.15) is 35.8 Å². The second-order valence-electron chi connectivity index (χ2n) is 7.87. The number of benzene rings is 2. The molecule has 5 heteroatoms. The number of hydrogen-bond acceptors (Lipinski definition) is 3. The fourth-order valence-electron chi connectivity index (χ4n) is 3.79. The summed E-state index contributed by atoms with van der Waals surface area (Å²) in [4.78, 5) is 15.4. The van der Waals surface area contributed by atoms with Crippen LogP contribution < -0.4 is 4.74 Å². The highest BCUT2D eigenvalue weighted by atomic mass is 16.5. The van der Waals surface area contributed by atoms with E-state index in [4.69, 9.17) is 9.84 Å². The summed E-state index contributed by atoms with van der Waals surface area (Å²) < 4.78 is 7.14. The molecule has 0 spiro atoms. The van der Waals surface area contributed by atoms with Gasteiger partial charge in [0, 0.05) is 18.7 Å². The Kier molecular flexibility index (Phi) is 5.38. The molecule has 29 heavy (non-hydrogen) atoms. The first-order chi connectivity index (χ1) is 14.0. The Morgan fingerprint density at radius 3 is 2.55 bits per heavy atom. The number of hydrogen-bond donors (Lipinski definition) is 0. The lowest BCUT2D eigenvalue weighted by atomic mass is 9.99. The van der Waals surface area contributed by atoms with Crippen LogP contribution in [0.15, 0.2) is 54.6 Å². The lowest BCUT2D eigenvalue weighted by Crippen LogP contribution is -2.38. The molecule has 0 saturated carbocycles. The number of nitrogens with zero attached hydrogens (tertiary/aromatic N) is 3. The fourth-order valence-corrected chi connectivity index (χ4v) is 3.79. The maximum Gasteiger partial charge on any atom is 0.272 e. The predicted molar refractivity (Wildman–Crippen MR) is 115 cm³/mol. The number of rotatable bonds is 4. The molecule has 0 aliphatic carbocycles. The lowest BCUT2D eigenvalue weighted by Gasteiger charge is -2.30. The predicted octanol–water partition coefficient (Wildman–Crippen LogP) is 4.73. The van der Waals surface area contributed by atoms with E-state index in [0.29, 0.717) is 11.6 Å². The minimum absolute atomic E-state index is 0.0417. The van der Waals surface area contributed by atoms with Gasteiger partial charge in [0.05, 0.1) is 18.5 Å². The Labute approximate surface area is 171 Å². The average molecular weight is 389 g/mol. The highest BCUT2D eigenvalue weighted by Gasteiger charge is 2.26. The normalized spacial score (nSPS) is 14.8. The Hall–Kier alpha value is -3.08. The number of amides is 1. The van der Waals surface area contributed by atoms with Gasteiger partial charge in [-0.1, -0.05) is 31.2 Å². The number of aromatic nitrogens is 2. The van der Waals surface area contributed by atoms with Crippen LogP contribution in [0.5, 0.6) is 5.75 Å². The van der Waals surface area contributed by atoms with Crippen molar-refractivity contribution in [2.24, 2.45) is 5.92 Å². The summed E-state index contributed by atoms with van der Waals surface area (Å²) in [7, 11) is 1.65. The van der Waals surface area contributed by atoms with Crippen molar-refractivity contribution < 1.29 is 9.53 Å². The topological polar surface area (TPSA) is 47.4 Å². The van der Waals surface area contributed by atoms with Crippen molar-refractivity contribution in [1.82, 2.24) is 14.7 Å². The summed E-state index contributed by atoms with van der Waals surface area (Å²) in [6.07, 6.45) is 2.10. The number of carbonyl (C=O) groups excluding carboxylic acids is 1. The van der Waals surface area contributed by atoms with Gasteiger partial charge >= 0.3 is 0 Å². The van der Waals surface area contributed by atoms with Crippen LogP contribution in [0.3, 0.4) is 0 Å². The van der Waals surface area contributed by atoms with E-state index >= 15 is 0 Å². The van der Waals surface area contributed by atoms with Crippen molar-refractivity contribution in [3.8, 4) is 22.7 Å². The molecular weight excluding hydrogens is 362 g/mol. The molecule has 1 aliphatic rings. The Bertz CT molecular complexity index is 1020. The molecule has 0 atom stereocenters. The second kappa shape index (κ2) is 8.11. The summed E-state index contributed by atoms with van der Waals surface area (Å²) in [6, 6.07) is 17.8. The molecule has 1 amide bonds. The first-order valence-corrected chi connectivity index (χ1v) is 10.2. The van der Waals surface area contributed by atoms with Crippen LogP contribution in [0.4, 0.5) is 0 Å². The van der Waals surface area contributed by atoms with Gasteiger partial charge in [-0.3, -0.25) is 4.79 Å². The third-order valence-electron chi connectivity index (χ3n) is 5.61. The molecule has 0 unspecified atom stereocenters. The summed E-state index contributed by atoms with van der Waals surface area (Å²) in [5.74, 6) is 1.48. The van der Waals surface area contributed by atoms with Gasteiger partial charge < -0.3 is 9.64 Å². The zero-order chi connectivity index (χ0) is 20.4. The van der Waals surface area contributed by atoms with Crippen LogP contribution >= 0.6 is 0 Å². The summed E-state index contributed by atoms with van der Waals surface area (Å²) in [6.45, 7) is 5.89. The maximum atomic E-state index is 13.4. The number of ether oxygens (including phenoxy) is 1. The highest BCUT2D eigenvalue weighted by Crippen LogP contribution is 2.27. The third-order valence-corrected chi connectivity index (χ3v) is 5.61. The van der Waals surface area contributed by atoms with Gasteiger partial charge in [0.1, 0.15) is 11.4 Å². The van der Waals surface area contributed by atoms with E-state index in [9.17, 15) is 4.79 Å². The minimum Gasteiger partial charge on any atom is -0.497 e. The van der Waals surface area contributed by atoms with Gasteiger partial charge in [-0.15, -0.1) is 0 Å². The lowest BCUT2D eigenvalue weighted by molar-refractivity contribution is 0.0688. The van der Waals surface area contributed by atoms with Crippen molar-refractivity contribution in [3.63, 3.8) is 0 Å². The average Bonchev–Trinajstić information content (AvgIpc) is 3.19. The minimum atomic E-state index is 0.0417. The summed E-state index contributed by atoms with van der Waals surface area (Å²) >= 11 is 0. The molecule has 5 nitrogen and oxygen atoms in total. The molecule has 2 aromatic carbocycles. The second-order valence-corrected chi connectivity index (χ2v) is 7.87. The Balaban J connectivity index is 1.77. The summed E-state index contributed by atoms with van der Waals surface area (Å²) in [5.41, 5.74) is 4.32. The van der Waals surface area contributed by atoms with E-state index in [1.165, 1.54) is 0 Å². The fraction of sp³-hybridized carbons (Fsp3) is 0.333. The number of likely N-dealkylation sites (tertiary alicyclic amines) is 1. The molecule has 0 N–H and O–H groups in total. The quantitative estimate of drug-likeness (QED) is 0.648. The number of aryl methyl sites for hydroxylation is 1. The first-order valence-electron chi connectivity index (χ1n) is 10.2. The molecule has 1 aromatic heterocycles. The molecule has 1 fully saturated rings. The monoisotopic (exact) mass is 389 g/mol. The SMILES string of the molecule is COc1cccc(-c2cc(C(=O)N3CCC(C)CC3)n(-c3cccc(C)c3)n2)c1. The van der Waals surface area contributed by atoms with Gasteiger partial charge in [-0.2, -0.15) is 5.10 Å². The van der Waals surface area contributed by atoms with Crippen molar-refractivity contribution in [2.45, 2.75) is 26.7 Å². The van der Waals surface area contributed by atoms with E-state index < -0.39 is 0 Å². The van der Waals surface area contributed by atoms with Gasteiger partial charge in [0.25, 0.3) is 5.91 Å². The molecule has 3 aromatic rings. The van der Waals surface area contributed by atoms with Crippen LogP contribution in [0.25, 0.3) is 16.9 Å². The van der Waals surface area contributed by atoms with Gasteiger partial charge in [0.2, 0.25) is 0 Å². The van der Waals surface area contributed by atoms with E-state index in [2.05, 4.69) is 13.0 Å². The third kappa shape index (κ3) is 4.04. The molecule has 4 rings (SSSR count). The zero-order valence-corrected chi connectivity index (χ0v) is 17.3. The van der Waals surface area contributed by atoms with Crippen LogP contribution in [-0.4, -0.2) is 40.8 Å². The first kappa shape index (κ1) is 19.2. The standard InChI is InChI=1S/C24H27N3O2/c1-17-10-12-26(13-11-17)24(28)23-16-22(19-7-5-9-21(15-19)29-3)25-27(23)20-8-4-6-18(2)14-20/h4-9,14-17H,10-13H2,1-3H3. The van der Waals surface area contributed by atoms with Gasteiger partial charge in [-0.05, 0) is 61.6 Å². The number of piperidine rings is 1. The maximum absolute atomic E-state index is 13.4. The van der Waals surface area contributed by atoms with Crippen molar-refractivity contribution in [3.05, 3.63) is 65.9 Å². The number of carbonyl (C=O) groups is 1. The molecular formula is C24H27N3O2. The highest BCUT2D eigenvalue weighted by molar-refractivity contribution is 5.94. The zero-order valence-electron chi connectivity index (χ0n) is 17.3. The molecule has 1 aliphatic heterocycles. The van der Waals surface area contributed by atoms with E-state index in [1.54, 1.807) is 11.8 Å². The molecule has 1 saturated heterocycles. The Morgan fingerprint density at radius 1 is 1.07 bits per heavy atom. The summed E-state index contributed by atoms with van der Waals surface area (Å²) in [5, 5.41) is 4.81. The molecule has 0 radical (unpaired) electrons.